The quantitative estimate of drug-likeness (QED) is 0.423. The second kappa shape index (κ2) is 12.4. The van der Waals surface area contributed by atoms with Crippen LogP contribution in [0.2, 0.25) is 5.02 Å². The van der Waals surface area contributed by atoms with Gasteiger partial charge in [-0.3, -0.25) is 9.69 Å². The summed E-state index contributed by atoms with van der Waals surface area (Å²) in [6.07, 6.45) is 2.67. The zero-order valence-corrected chi connectivity index (χ0v) is 22.3. The second-order valence-corrected chi connectivity index (χ2v) is 9.93. The number of anilines is 2. The van der Waals surface area contributed by atoms with E-state index in [4.69, 9.17) is 26.1 Å². The number of amides is 1. The fraction of sp³-hybridized carbons (Fsp3) is 0.393. The van der Waals surface area contributed by atoms with E-state index < -0.39 is 0 Å². The Hall–Kier alpha value is -3.40. The number of fused-ring (bicyclic) bond motifs is 1. The molecular weight excluding hydrogens is 504 g/mol. The summed E-state index contributed by atoms with van der Waals surface area (Å²) < 4.78 is 11.4. The number of hydrogen-bond donors (Lipinski definition) is 2. The highest BCUT2D eigenvalue weighted by atomic mass is 35.5. The highest BCUT2D eigenvalue weighted by Gasteiger charge is 2.28. The molecule has 1 saturated heterocycles. The third-order valence-corrected chi connectivity index (χ3v) is 6.91. The molecule has 3 aromatic rings. The fourth-order valence-corrected chi connectivity index (χ4v) is 4.92. The Morgan fingerprint density at radius 3 is 2.74 bits per heavy atom. The van der Waals surface area contributed by atoms with Gasteiger partial charge in [0.25, 0.3) is 0 Å². The summed E-state index contributed by atoms with van der Waals surface area (Å²) in [5.41, 5.74) is 1.90. The van der Waals surface area contributed by atoms with Crippen LogP contribution in [0, 0.1) is 6.92 Å². The Kier molecular flexibility index (Phi) is 8.58. The van der Waals surface area contributed by atoms with Gasteiger partial charge < -0.3 is 25.0 Å². The molecule has 2 aliphatic rings. The first kappa shape index (κ1) is 26.2. The molecule has 0 radical (unpaired) electrons. The molecule has 0 aliphatic carbocycles. The maximum atomic E-state index is 12.8. The molecule has 3 heterocycles. The Morgan fingerprint density at radius 1 is 1.13 bits per heavy atom. The lowest BCUT2D eigenvalue weighted by molar-refractivity contribution is -0.119. The summed E-state index contributed by atoms with van der Waals surface area (Å²) in [6, 6.07) is 15.2. The number of halogens is 1. The van der Waals surface area contributed by atoms with E-state index in [1.54, 1.807) is 6.07 Å². The Morgan fingerprint density at radius 2 is 1.92 bits per heavy atom. The standard InChI is InChI=1S/C28H33ClN6O3/c1-20-31-18-25-26(33-22-5-3-7-24(17-22)38-23-6-2-4-21(29)16-23)8-10-35(28(25)32-20)19-27(36)30-9-11-34-12-14-37-15-13-34/h2-7,16-18,26,33H,8-15,19H2,1H3,(H,30,36). The van der Waals surface area contributed by atoms with E-state index in [1.807, 2.05) is 60.5 Å². The largest absolute Gasteiger partial charge is 0.457 e. The summed E-state index contributed by atoms with van der Waals surface area (Å²) in [7, 11) is 0. The van der Waals surface area contributed by atoms with Gasteiger partial charge in [0, 0.05) is 61.3 Å². The third kappa shape index (κ3) is 6.92. The number of carbonyl (C=O) groups is 1. The lowest BCUT2D eigenvalue weighted by atomic mass is 10.00. The van der Waals surface area contributed by atoms with E-state index in [1.165, 1.54) is 0 Å². The average Bonchev–Trinajstić information content (AvgIpc) is 2.91. The predicted molar refractivity (Wildman–Crippen MR) is 148 cm³/mol. The molecular formula is C28H33ClN6O3. The minimum atomic E-state index is -0.00208. The number of ether oxygens (including phenoxy) is 2. The minimum absolute atomic E-state index is 0.00208. The van der Waals surface area contributed by atoms with Crippen molar-refractivity contribution in [2.24, 2.45) is 0 Å². The van der Waals surface area contributed by atoms with Crippen LogP contribution in [-0.2, 0) is 9.53 Å². The number of benzene rings is 2. The summed E-state index contributed by atoms with van der Waals surface area (Å²) in [5.74, 6) is 2.87. The predicted octanol–water partition coefficient (Wildman–Crippen LogP) is 4.04. The van der Waals surface area contributed by atoms with Crippen LogP contribution in [0.1, 0.15) is 23.9 Å². The van der Waals surface area contributed by atoms with Crippen LogP contribution in [0.25, 0.3) is 0 Å². The van der Waals surface area contributed by atoms with Crippen molar-refractivity contribution in [3.8, 4) is 11.5 Å². The van der Waals surface area contributed by atoms with Crippen LogP contribution in [0.4, 0.5) is 11.5 Å². The Bertz CT molecular complexity index is 1250. The first-order valence-corrected chi connectivity index (χ1v) is 13.4. The molecule has 1 amide bonds. The van der Waals surface area contributed by atoms with Crippen molar-refractivity contribution in [1.29, 1.82) is 0 Å². The number of rotatable bonds is 9. The van der Waals surface area contributed by atoms with Crippen LogP contribution in [0.15, 0.2) is 54.7 Å². The normalized spacial score (nSPS) is 17.5. The molecule has 1 atom stereocenters. The SMILES string of the molecule is Cc1ncc2c(n1)N(CC(=O)NCCN1CCOCC1)CCC2Nc1cccc(Oc2cccc(Cl)c2)c1. The first-order valence-electron chi connectivity index (χ1n) is 13.0. The first-order chi connectivity index (χ1) is 18.5. The van der Waals surface area contributed by atoms with Crippen LogP contribution in [0.5, 0.6) is 11.5 Å². The van der Waals surface area contributed by atoms with Crippen molar-refractivity contribution < 1.29 is 14.3 Å². The number of nitrogens with one attached hydrogen (secondary N) is 2. The fourth-order valence-electron chi connectivity index (χ4n) is 4.74. The van der Waals surface area contributed by atoms with Crippen LogP contribution >= 0.6 is 11.6 Å². The van der Waals surface area contributed by atoms with Crippen LogP contribution in [-0.4, -0.2) is 73.3 Å². The summed E-state index contributed by atoms with van der Waals surface area (Å²) in [4.78, 5) is 26.3. The van der Waals surface area contributed by atoms with Gasteiger partial charge in [-0.15, -0.1) is 0 Å². The van der Waals surface area contributed by atoms with Gasteiger partial charge in [-0.2, -0.15) is 0 Å². The van der Waals surface area contributed by atoms with E-state index in [2.05, 4.69) is 20.5 Å². The lowest BCUT2D eigenvalue weighted by Gasteiger charge is -2.35. The Labute approximate surface area is 228 Å². The third-order valence-electron chi connectivity index (χ3n) is 6.67. The van der Waals surface area contributed by atoms with Gasteiger partial charge in [-0.1, -0.05) is 23.7 Å². The monoisotopic (exact) mass is 536 g/mol. The maximum Gasteiger partial charge on any atom is 0.239 e. The van der Waals surface area contributed by atoms with Crippen molar-refractivity contribution in [1.82, 2.24) is 20.2 Å². The van der Waals surface area contributed by atoms with Crippen molar-refractivity contribution in [3.05, 3.63) is 71.1 Å². The highest BCUT2D eigenvalue weighted by molar-refractivity contribution is 6.30. The molecule has 2 aromatic carbocycles. The molecule has 10 heteroatoms. The Balaban J connectivity index is 1.22. The summed E-state index contributed by atoms with van der Waals surface area (Å²) in [5, 5.41) is 7.29. The molecule has 2 aliphatic heterocycles. The lowest BCUT2D eigenvalue weighted by Crippen LogP contribution is -2.45. The van der Waals surface area contributed by atoms with E-state index >= 15 is 0 Å². The van der Waals surface area contributed by atoms with Gasteiger partial charge in [0.2, 0.25) is 5.91 Å². The summed E-state index contributed by atoms with van der Waals surface area (Å²) in [6.45, 7) is 7.63. The molecule has 2 N–H and O–H groups in total. The van der Waals surface area contributed by atoms with Crippen molar-refractivity contribution in [2.45, 2.75) is 19.4 Å². The number of carbonyl (C=O) groups excluding carboxylic acids is 1. The van der Waals surface area contributed by atoms with Gasteiger partial charge in [0.05, 0.1) is 25.8 Å². The molecule has 1 unspecified atom stereocenters. The van der Waals surface area contributed by atoms with E-state index in [0.29, 0.717) is 35.4 Å². The van der Waals surface area contributed by atoms with E-state index in [-0.39, 0.29) is 18.5 Å². The van der Waals surface area contributed by atoms with E-state index in [0.717, 1.165) is 56.3 Å². The van der Waals surface area contributed by atoms with E-state index in [9.17, 15) is 4.79 Å². The molecule has 9 nitrogen and oxygen atoms in total. The van der Waals surface area contributed by atoms with Crippen LogP contribution in [0.3, 0.4) is 0 Å². The minimum Gasteiger partial charge on any atom is -0.457 e. The topological polar surface area (TPSA) is 91.9 Å². The second-order valence-electron chi connectivity index (χ2n) is 9.49. The van der Waals surface area contributed by atoms with Gasteiger partial charge in [-0.05, 0) is 43.7 Å². The number of aromatic nitrogens is 2. The molecule has 5 rings (SSSR count). The smallest absolute Gasteiger partial charge is 0.239 e. The molecule has 0 saturated carbocycles. The molecule has 200 valence electrons. The molecule has 1 fully saturated rings. The van der Waals surface area contributed by atoms with Crippen molar-refractivity contribution in [3.63, 3.8) is 0 Å². The zero-order valence-electron chi connectivity index (χ0n) is 21.5. The maximum absolute atomic E-state index is 12.8. The van der Waals surface area contributed by atoms with Gasteiger partial charge >= 0.3 is 0 Å². The number of hydrogen-bond acceptors (Lipinski definition) is 8. The zero-order chi connectivity index (χ0) is 26.3. The molecule has 0 spiro atoms. The molecule has 0 bridgehead atoms. The van der Waals surface area contributed by atoms with Gasteiger partial charge in [-0.25, -0.2) is 9.97 Å². The summed E-state index contributed by atoms with van der Waals surface area (Å²) >= 11 is 6.09. The van der Waals surface area contributed by atoms with Crippen molar-refractivity contribution >= 4 is 29.0 Å². The number of nitrogens with zero attached hydrogens (tertiary/aromatic N) is 4. The number of morpholine rings is 1. The van der Waals surface area contributed by atoms with Gasteiger partial charge in [0.15, 0.2) is 0 Å². The van der Waals surface area contributed by atoms with Gasteiger partial charge in [0.1, 0.15) is 23.1 Å². The van der Waals surface area contributed by atoms with Crippen molar-refractivity contribution in [2.75, 3.05) is 62.7 Å². The molecule has 38 heavy (non-hydrogen) atoms. The molecule has 1 aromatic heterocycles. The van der Waals surface area contributed by atoms with Crippen LogP contribution < -0.4 is 20.3 Å². The average molecular weight is 537 g/mol. The highest BCUT2D eigenvalue weighted by Crippen LogP contribution is 2.35. The number of aryl methyl sites for hydroxylation is 1.